The first-order valence-corrected chi connectivity index (χ1v) is 9.83. The molecule has 3 rings (SSSR count). The Labute approximate surface area is 159 Å². The molecule has 2 heterocycles. The lowest BCUT2D eigenvalue weighted by Crippen LogP contribution is -2.32. The second-order valence-electron chi connectivity index (χ2n) is 5.43. The summed E-state index contributed by atoms with van der Waals surface area (Å²) >= 11 is 2.81. The van der Waals surface area contributed by atoms with E-state index in [0.29, 0.717) is 5.03 Å². The van der Waals surface area contributed by atoms with E-state index in [0.717, 1.165) is 21.3 Å². The van der Waals surface area contributed by atoms with Crippen molar-refractivity contribution >= 4 is 45.3 Å². The molecular formula is C18H17N3O3S2. The number of aryl methyl sites for hydroxylation is 1. The summed E-state index contributed by atoms with van der Waals surface area (Å²) in [4.78, 5) is 32.7. The minimum absolute atomic E-state index is 0.0636. The van der Waals surface area contributed by atoms with Crippen LogP contribution < -0.4 is 5.32 Å². The van der Waals surface area contributed by atoms with Crippen LogP contribution in [0.15, 0.2) is 41.0 Å². The summed E-state index contributed by atoms with van der Waals surface area (Å²) < 4.78 is 4.70. The number of aromatic nitrogens is 2. The largest absolute Gasteiger partial charge is 0.450 e. The highest BCUT2D eigenvalue weighted by Crippen LogP contribution is 2.37. The number of nitrogens with zero attached hydrogens (tertiary/aromatic N) is 2. The van der Waals surface area contributed by atoms with Crippen molar-refractivity contribution in [3.8, 4) is 11.1 Å². The van der Waals surface area contributed by atoms with Gasteiger partial charge in [0.25, 0.3) is 0 Å². The first kappa shape index (κ1) is 18.3. The Morgan fingerprint density at radius 2 is 2.00 bits per heavy atom. The van der Waals surface area contributed by atoms with Crippen LogP contribution in [-0.2, 0) is 9.53 Å². The monoisotopic (exact) mass is 387 g/mol. The quantitative estimate of drug-likeness (QED) is 0.526. The number of hydrogen-bond donors (Lipinski definition) is 1. The summed E-state index contributed by atoms with van der Waals surface area (Å²) in [6.07, 6.45) is 0.755. The Kier molecular flexibility index (Phi) is 5.85. The molecule has 0 spiro atoms. The smallest absolute Gasteiger partial charge is 0.413 e. The maximum Gasteiger partial charge on any atom is 0.413 e. The van der Waals surface area contributed by atoms with Crippen LogP contribution in [0.25, 0.3) is 21.3 Å². The van der Waals surface area contributed by atoms with Gasteiger partial charge in [-0.2, -0.15) is 0 Å². The standard InChI is InChI=1S/C18H17N3O3S2/c1-3-24-18(23)21-14(22)9-26-17-15-13(8-25-16(15)19-10-20-17)12-6-4-11(2)5-7-12/h4-8,10H,3,9H2,1-2H3,(H,21,22,23). The molecule has 0 aliphatic carbocycles. The second kappa shape index (κ2) is 8.29. The van der Waals surface area contributed by atoms with E-state index in [4.69, 9.17) is 4.74 Å². The molecule has 3 aromatic rings. The molecule has 1 N–H and O–H groups in total. The highest BCUT2D eigenvalue weighted by atomic mass is 32.2. The van der Waals surface area contributed by atoms with Crippen LogP contribution in [0, 0.1) is 6.92 Å². The molecule has 0 radical (unpaired) electrons. The molecule has 2 aromatic heterocycles. The molecule has 2 amide bonds. The summed E-state index contributed by atoms with van der Waals surface area (Å²) in [5.74, 6) is -0.360. The average Bonchev–Trinajstić information content (AvgIpc) is 3.05. The van der Waals surface area contributed by atoms with Crippen LogP contribution in [-0.4, -0.2) is 34.3 Å². The van der Waals surface area contributed by atoms with Crippen LogP contribution in [0.5, 0.6) is 0 Å². The van der Waals surface area contributed by atoms with Crippen molar-refractivity contribution < 1.29 is 14.3 Å². The van der Waals surface area contributed by atoms with E-state index in [1.54, 1.807) is 6.92 Å². The summed E-state index contributed by atoms with van der Waals surface area (Å²) in [6.45, 7) is 3.94. The third kappa shape index (κ3) is 4.20. The first-order valence-electron chi connectivity index (χ1n) is 7.97. The SMILES string of the molecule is CCOC(=O)NC(=O)CSc1ncnc2scc(-c3ccc(C)cc3)c12. The fourth-order valence-electron chi connectivity index (χ4n) is 2.35. The molecule has 0 fully saturated rings. The number of nitrogens with one attached hydrogen (secondary N) is 1. The van der Waals surface area contributed by atoms with Gasteiger partial charge in [0.05, 0.1) is 17.7 Å². The highest BCUT2D eigenvalue weighted by Gasteiger charge is 2.15. The molecule has 8 heteroatoms. The fraction of sp³-hybridized carbons (Fsp3) is 0.222. The molecule has 0 saturated carbocycles. The summed E-state index contributed by atoms with van der Waals surface area (Å²) in [7, 11) is 0. The molecule has 0 saturated heterocycles. The van der Waals surface area contributed by atoms with Gasteiger partial charge in [-0.1, -0.05) is 41.6 Å². The van der Waals surface area contributed by atoms with E-state index >= 15 is 0 Å². The summed E-state index contributed by atoms with van der Waals surface area (Å²) in [6, 6.07) is 8.24. The number of thioether (sulfide) groups is 1. The van der Waals surface area contributed by atoms with Crippen LogP contribution >= 0.6 is 23.1 Å². The Morgan fingerprint density at radius 3 is 2.73 bits per heavy atom. The van der Waals surface area contributed by atoms with E-state index in [-0.39, 0.29) is 12.4 Å². The van der Waals surface area contributed by atoms with E-state index in [1.807, 2.05) is 12.3 Å². The van der Waals surface area contributed by atoms with Crippen molar-refractivity contribution in [3.63, 3.8) is 0 Å². The number of thiophene rings is 1. The van der Waals surface area contributed by atoms with Crippen molar-refractivity contribution in [2.75, 3.05) is 12.4 Å². The van der Waals surface area contributed by atoms with Crippen LogP contribution in [0.2, 0.25) is 0 Å². The van der Waals surface area contributed by atoms with Gasteiger partial charge >= 0.3 is 6.09 Å². The predicted octanol–water partition coefficient (Wildman–Crippen LogP) is 4.03. The lowest BCUT2D eigenvalue weighted by atomic mass is 10.1. The zero-order chi connectivity index (χ0) is 18.5. The molecule has 0 atom stereocenters. The van der Waals surface area contributed by atoms with Gasteiger partial charge in [0.2, 0.25) is 5.91 Å². The van der Waals surface area contributed by atoms with Gasteiger partial charge in [-0.25, -0.2) is 14.8 Å². The van der Waals surface area contributed by atoms with E-state index in [2.05, 4.69) is 39.6 Å². The lowest BCUT2D eigenvalue weighted by molar-refractivity contribution is -0.117. The van der Waals surface area contributed by atoms with Gasteiger partial charge < -0.3 is 4.74 Å². The number of alkyl carbamates (subject to hydrolysis) is 1. The Morgan fingerprint density at radius 1 is 1.23 bits per heavy atom. The average molecular weight is 387 g/mol. The molecule has 1 aromatic carbocycles. The van der Waals surface area contributed by atoms with Crippen LogP contribution in [0.1, 0.15) is 12.5 Å². The lowest BCUT2D eigenvalue weighted by Gasteiger charge is -2.06. The third-order valence-corrected chi connectivity index (χ3v) is 5.43. The van der Waals surface area contributed by atoms with Crippen LogP contribution in [0.3, 0.4) is 0 Å². The number of carbonyl (C=O) groups is 2. The van der Waals surface area contributed by atoms with Crippen molar-refractivity contribution in [1.29, 1.82) is 0 Å². The molecule has 6 nitrogen and oxygen atoms in total. The first-order chi connectivity index (χ1) is 12.6. The Balaban J connectivity index is 1.83. The van der Waals surface area contributed by atoms with Crippen molar-refractivity contribution in [3.05, 3.63) is 41.5 Å². The number of imide groups is 1. The van der Waals surface area contributed by atoms with E-state index < -0.39 is 12.0 Å². The molecule has 0 bridgehead atoms. The molecule has 26 heavy (non-hydrogen) atoms. The van der Waals surface area contributed by atoms with E-state index in [1.165, 1.54) is 35.0 Å². The zero-order valence-electron chi connectivity index (χ0n) is 14.3. The number of benzene rings is 1. The van der Waals surface area contributed by atoms with Crippen molar-refractivity contribution in [1.82, 2.24) is 15.3 Å². The number of carbonyl (C=O) groups excluding carboxylic acids is 2. The van der Waals surface area contributed by atoms with Gasteiger partial charge in [0.1, 0.15) is 16.2 Å². The van der Waals surface area contributed by atoms with Gasteiger partial charge in [-0.3, -0.25) is 10.1 Å². The number of ether oxygens (including phenoxy) is 1. The number of amides is 2. The number of hydrogen-bond acceptors (Lipinski definition) is 7. The van der Waals surface area contributed by atoms with Crippen LogP contribution in [0.4, 0.5) is 4.79 Å². The normalized spacial score (nSPS) is 10.7. The molecule has 134 valence electrons. The number of rotatable bonds is 5. The topological polar surface area (TPSA) is 81.2 Å². The molecule has 0 unspecified atom stereocenters. The second-order valence-corrected chi connectivity index (χ2v) is 7.25. The summed E-state index contributed by atoms with van der Waals surface area (Å²) in [5, 5.41) is 5.87. The molecule has 0 aliphatic heterocycles. The third-order valence-electron chi connectivity index (χ3n) is 3.55. The summed E-state index contributed by atoms with van der Waals surface area (Å²) in [5.41, 5.74) is 3.31. The minimum atomic E-state index is -0.734. The predicted molar refractivity (Wildman–Crippen MR) is 103 cm³/mol. The van der Waals surface area contributed by atoms with Gasteiger partial charge in [0, 0.05) is 10.9 Å². The van der Waals surface area contributed by atoms with Gasteiger partial charge in [0.15, 0.2) is 0 Å². The van der Waals surface area contributed by atoms with Gasteiger partial charge in [-0.05, 0) is 19.4 Å². The Bertz CT molecular complexity index is 939. The maximum atomic E-state index is 11.9. The Hall–Kier alpha value is -2.45. The molecular weight excluding hydrogens is 370 g/mol. The zero-order valence-corrected chi connectivity index (χ0v) is 15.9. The van der Waals surface area contributed by atoms with Gasteiger partial charge in [-0.15, -0.1) is 11.3 Å². The fourth-order valence-corrected chi connectivity index (χ4v) is 4.15. The van der Waals surface area contributed by atoms with E-state index in [9.17, 15) is 9.59 Å². The number of fused-ring (bicyclic) bond motifs is 1. The van der Waals surface area contributed by atoms with Crippen molar-refractivity contribution in [2.45, 2.75) is 18.9 Å². The minimum Gasteiger partial charge on any atom is -0.450 e. The van der Waals surface area contributed by atoms with Crippen molar-refractivity contribution in [2.24, 2.45) is 0 Å². The maximum absolute atomic E-state index is 11.9. The molecule has 0 aliphatic rings. The highest BCUT2D eigenvalue weighted by molar-refractivity contribution is 8.00.